The first kappa shape index (κ1) is 15.1. The summed E-state index contributed by atoms with van der Waals surface area (Å²) in [6.07, 6.45) is 3.36. The third-order valence-corrected chi connectivity index (χ3v) is 4.94. The van der Waals surface area contributed by atoms with Crippen molar-refractivity contribution in [1.29, 1.82) is 0 Å². The van der Waals surface area contributed by atoms with Crippen LogP contribution in [0.5, 0.6) is 0 Å². The lowest BCUT2D eigenvalue weighted by atomic mass is 9.78. The Morgan fingerprint density at radius 3 is 2.83 bits per heavy atom. The Labute approximate surface area is 139 Å². The lowest BCUT2D eigenvalue weighted by molar-refractivity contribution is -0.126. The Balaban J connectivity index is 1.69. The zero-order chi connectivity index (χ0) is 17.1. The predicted octanol–water partition coefficient (Wildman–Crippen LogP) is 1.70. The number of fused-ring (bicyclic) bond motifs is 5. The van der Waals surface area contributed by atoms with E-state index >= 15 is 0 Å². The molecular weight excluding hydrogens is 310 g/mol. The molecule has 4 atom stereocenters. The van der Waals surface area contributed by atoms with Gasteiger partial charge in [0.1, 0.15) is 0 Å². The molecule has 0 saturated carbocycles. The van der Waals surface area contributed by atoms with Crippen LogP contribution in [0.2, 0.25) is 0 Å². The minimum absolute atomic E-state index is 0.262. The lowest BCUT2D eigenvalue weighted by Gasteiger charge is -2.24. The summed E-state index contributed by atoms with van der Waals surface area (Å²) in [6, 6.07) is 6.41. The van der Waals surface area contributed by atoms with Crippen LogP contribution in [0.25, 0.3) is 0 Å². The molecule has 3 aliphatic heterocycles. The average molecular weight is 327 g/mol. The number of benzene rings is 1. The van der Waals surface area contributed by atoms with E-state index in [1.165, 1.54) is 11.0 Å². The topological polar surface area (TPSA) is 72.9 Å². The summed E-state index contributed by atoms with van der Waals surface area (Å²) in [4.78, 5) is 38.8. The molecule has 2 fully saturated rings. The zero-order valence-electron chi connectivity index (χ0n) is 13.4. The molecular formula is C18H17NO5. The van der Waals surface area contributed by atoms with Gasteiger partial charge >= 0.3 is 5.97 Å². The van der Waals surface area contributed by atoms with E-state index in [1.807, 2.05) is 19.1 Å². The number of esters is 1. The van der Waals surface area contributed by atoms with Gasteiger partial charge in [-0.05, 0) is 32.0 Å². The summed E-state index contributed by atoms with van der Waals surface area (Å²) in [5.74, 6) is -2.02. The normalized spacial score (nSPS) is 33.2. The molecule has 3 aliphatic rings. The number of amides is 2. The third kappa shape index (κ3) is 1.89. The Hall–Kier alpha value is -2.47. The Kier molecular flexibility index (Phi) is 3.15. The minimum Gasteiger partial charge on any atom is -0.462 e. The highest BCUT2D eigenvalue weighted by Crippen LogP contribution is 2.52. The first-order chi connectivity index (χ1) is 11.5. The molecule has 24 heavy (non-hydrogen) atoms. The first-order valence-electron chi connectivity index (χ1n) is 7.98. The second-order valence-electron chi connectivity index (χ2n) is 6.41. The van der Waals surface area contributed by atoms with Crippen molar-refractivity contribution in [2.75, 3.05) is 11.5 Å². The summed E-state index contributed by atoms with van der Waals surface area (Å²) in [5, 5.41) is 0. The van der Waals surface area contributed by atoms with Gasteiger partial charge in [0.05, 0.1) is 41.4 Å². The van der Waals surface area contributed by atoms with Crippen molar-refractivity contribution in [3.63, 3.8) is 0 Å². The van der Waals surface area contributed by atoms with Crippen LogP contribution < -0.4 is 4.90 Å². The van der Waals surface area contributed by atoms with Crippen LogP contribution in [0.1, 0.15) is 24.2 Å². The highest BCUT2D eigenvalue weighted by atomic mass is 16.5. The van der Waals surface area contributed by atoms with Gasteiger partial charge in [0.25, 0.3) is 0 Å². The fourth-order valence-corrected chi connectivity index (χ4v) is 3.89. The number of hydrogen-bond donors (Lipinski definition) is 0. The number of anilines is 1. The maximum atomic E-state index is 12.9. The molecule has 1 aromatic rings. The van der Waals surface area contributed by atoms with Crippen LogP contribution in [0.3, 0.4) is 0 Å². The second kappa shape index (κ2) is 5.01. The Morgan fingerprint density at radius 2 is 2.12 bits per heavy atom. The van der Waals surface area contributed by atoms with E-state index in [-0.39, 0.29) is 24.5 Å². The standard InChI is InChI=1S/C18H17NO5/c1-3-23-17(22)10-5-4-6-11(9-10)19-15(20)13-12-7-8-18(2,24-12)14(13)16(19)21/h4-9,12-14H,3H2,1-2H3/t12-,13+,14-,18-/m1/s1. The second-order valence-corrected chi connectivity index (χ2v) is 6.41. The lowest BCUT2D eigenvalue weighted by Crippen LogP contribution is -2.38. The third-order valence-electron chi connectivity index (χ3n) is 4.94. The van der Waals surface area contributed by atoms with Gasteiger partial charge < -0.3 is 9.47 Å². The van der Waals surface area contributed by atoms with E-state index in [0.717, 1.165) is 0 Å². The van der Waals surface area contributed by atoms with Crippen LogP contribution >= 0.6 is 0 Å². The number of nitrogens with zero attached hydrogens (tertiary/aromatic N) is 1. The van der Waals surface area contributed by atoms with E-state index in [0.29, 0.717) is 11.3 Å². The van der Waals surface area contributed by atoms with Gasteiger partial charge in [0.2, 0.25) is 11.8 Å². The smallest absolute Gasteiger partial charge is 0.338 e. The van der Waals surface area contributed by atoms with Gasteiger partial charge in [0, 0.05) is 0 Å². The van der Waals surface area contributed by atoms with Crippen LogP contribution in [-0.4, -0.2) is 36.1 Å². The zero-order valence-corrected chi connectivity index (χ0v) is 13.4. The van der Waals surface area contributed by atoms with Crippen LogP contribution in [0.4, 0.5) is 5.69 Å². The molecule has 0 aromatic heterocycles. The van der Waals surface area contributed by atoms with Crippen molar-refractivity contribution in [2.45, 2.75) is 25.6 Å². The molecule has 0 N–H and O–H groups in total. The summed E-state index contributed by atoms with van der Waals surface area (Å²) in [7, 11) is 0. The molecule has 3 heterocycles. The number of carbonyl (C=O) groups excluding carboxylic acids is 3. The Morgan fingerprint density at radius 1 is 1.33 bits per heavy atom. The number of imide groups is 1. The van der Waals surface area contributed by atoms with Gasteiger partial charge in [-0.3, -0.25) is 9.59 Å². The summed E-state index contributed by atoms with van der Waals surface area (Å²) in [6.45, 7) is 3.82. The molecule has 124 valence electrons. The monoisotopic (exact) mass is 327 g/mol. The predicted molar refractivity (Wildman–Crippen MR) is 84.3 cm³/mol. The van der Waals surface area contributed by atoms with E-state index in [9.17, 15) is 14.4 Å². The van der Waals surface area contributed by atoms with Crippen molar-refractivity contribution in [3.05, 3.63) is 42.0 Å². The number of ether oxygens (including phenoxy) is 2. The summed E-state index contributed by atoms with van der Waals surface area (Å²) in [5.41, 5.74) is -0.0150. The molecule has 0 unspecified atom stereocenters. The van der Waals surface area contributed by atoms with Gasteiger partial charge in [-0.15, -0.1) is 0 Å². The largest absolute Gasteiger partial charge is 0.462 e. The maximum Gasteiger partial charge on any atom is 0.338 e. The molecule has 1 aromatic carbocycles. The van der Waals surface area contributed by atoms with Crippen LogP contribution in [0.15, 0.2) is 36.4 Å². The van der Waals surface area contributed by atoms with E-state index in [4.69, 9.17) is 9.47 Å². The molecule has 0 spiro atoms. The molecule has 2 bridgehead atoms. The number of carbonyl (C=O) groups is 3. The molecule has 6 heteroatoms. The van der Waals surface area contributed by atoms with Gasteiger partial charge in [-0.1, -0.05) is 18.2 Å². The molecule has 2 amide bonds. The number of hydrogen-bond acceptors (Lipinski definition) is 5. The average Bonchev–Trinajstić information content (AvgIpc) is 3.17. The molecule has 2 saturated heterocycles. The van der Waals surface area contributed by atoms with Gasteiger partial charge in [-0.25, -0.2) is 9.69 Å². The fourth-order valence-electron chi connectivity index (χ4n) is 3.89. The van der Waals surface area contributed by atoms with Gasteiger partial charge in [0.15, 0.2) is 0 Å². The van der Waals surface area contributed by atoms with Crippen molar-refractivity contribution in [1.82, 2.24) is 0 Å². The maximum absolute atomic E-state index is 12.9. The molecule has 0 aliphatic carbocycles. The summed E-state index contributed by atoms with van der Waals surface area (Å²) >= 11 is 0. The van der Waals surface area contributed by atoms with E-state index < -0.39 is 23.4 Å². The quantitative estimate of drug-likeness (QED) is 0.480. The van der Waals surface area contributed by atoms with E-state index in [2.05, 4.69) is 0 Å². The van der Waals surface area contributed by atoms with Crippen molar-refractivity contribution >= 4 is 23.5 Å². The highest BCUT2D eigenvalue weighted by Gasteiger charge is 2.66. The fraction of sp³-hybridized carbons (Fsp3) is 0.389. The van der Waals surface area contributed by atoms with Gasteiger partial charge in [-0.2, -0.15) is 0 Å². The van der Waals surface area contributed by atoms with E-state index in [1.54, 1.807) is 25.1 Å². The molecule has 6 nitrogen and oxygen atoms in total. The van der Waals surface area contributed by atoms with Crippen molar-refractivity contribution in [2.24, 2.45) is 11.8 Å². The van der Waals surface area contributed by atoms with Crippen molar-refractivity contribution in [3.8, 4) is 0 Å². The van der Waals surface area contributed by atoms with Crippen LogP contribution in [-0.2, 0) is 19.1 Å². The van der Waals surface area contributed by atoms with Crippen molar-refractivity contribution < 1.29 is 23.9 Å². The first-order valence-corrected chi connectivity index (χ1v) is 7.98. The molecule has 4 rings (SSSR count). The number of rotatable bonds is 3. The minimum atomic E-state index is -0.727. The Bertz CT molecular complexity index is 785. The van der Waals surface area contributed by atoms with Crippen LogP contribution in [0, 0.1) is 11.8 Å². The molecule has 0 radical (unpaired) electrons. The summed E-state index contributed by atoms with van der Waals surface area (Å²) < 4.78 is 10.8. The SMILES string of the molecule is CCOC(=O)c1cccc(N2C(=O)[C@H]3[C@H]4C=C[C@@](C)(O4)[C@H]3C2=O)c1. The highest BCUT2D eigenvalue weighted by molar-refractivity contribution is 6.23.